The monoisotopic (exact) mass is 485 g/mol. The minimum Gasteiger partial charge on any atom is -0.493 e. The van der Waals surface area contributed by atoms with Gasteiger partial charge in [-0.1, -0.05) is 29.8 Å². The lowest BCUT2D eigenvalue weighted by molar-refractivity contribution is 0.103. The number of ketones is 1. The van der Waals surface area contributed by atoms with Crippen molar-refractivity contribution < 1.29 is 18.7 Å². The Bertz CT molecular complexity index is 1400. The van der Waals surface area contributed by atoms with Crippen LogP contribution in [0.5, 0.6) is 11.5 Å². The van der Waals surface area contributed by atoms with E-state index in [2.05, 4.69) is 14.8 Å². The molecule has 0 unspecified atom stereocenters. The number of methoxy groups -OCH3 is 2. The fraction of sp³-hybridized carbons (Fsp3) is 0.241. The van der Waals surface area contributed by atoms with Crippen LogP contribution in [0.1, 0.15) is 21.5 Å². The van der Waals surface area contributed by atoms with E-state index >= 15 is 0 Å². The first kappa shape index (κ1) is 23.6. The van der Waals surface area contributed by atoms with Crippen molar-refractivity contribution >= 4 is 28.1 Å². The van der Waals surface area contributed by atoms with Gasteiger partial charge in [-0.15, -0.1) is 0 Å². The second-order valence-electron chi connectivity index (χ2n) is 8.89. The maximum absolute atomic E-state index is 13.7. The lowest BCUT2D eigenvalue weighted by Gasteiger charge is -2.38. The summed E-state index contributed by atoms with van der Waals surface area (Å²) in [7, 11) is 3.19. The van der Waals surface area contributed by atoms with Gasteiger partial charge in [0.2, 0.25) is 0 Å². The third kappa shape index (κ3) is 4.44. The Hall–Kier alpha value is -4.13. The number of hydrogen-bond donors (Lipinski definition) is 0. The minimum atomic E-state index is -0.246. The van der Waals surface area contributed by atoms with Crippen molar-refractivity contribution in [2.45, 2.75) is 6.92 Å². The Balaban J connectivity index is 1.57. The van der Waals surface area contributed by atoms with Gasteiger partial charge in [-0.05, 0) is 37.3 Å². The average Bonchev–Trinajstić information content (AvgIpc) is 2.92. The van der Waals surface area contributed by atoms with E-state index in [1.165, 1.54) is 12.1 Å². The second-order valence-corrected chi connectivity index (χ2v) is 8.89. The molecule has 0 N–H and O–H groups in total. The van der Waals surface area contributed by atoms with Crippen LogP contribution in [0.15, 0.2) is 66.9 Å². The summed E-state index contributed by atoms with van der Waals surface area (Å²) in [6.07, 6.45) is 1.66. The lowest BCUT2D eigenvalue weighted by Crippen LogP contribution is -2.47. The standard InChI is InChI=1S/C29H28FN3O3/c1-19-4-6-20(7-5-19)29(34)24-18-31-25-17-27(36-3)26(35-2)16-23(25)28(24)33-14-12-32(13-15-33)22-10-8-21(30)9-11-22/h4-11,16-18H,12-15H2,1-3H3. The second kappa shape index (κ2) is 9.85. The summed E-state index contributed by atoms with van der Waals surface area (Å²) in [5.41, 5.74) is 4.81. The molecular weight excluding hydrogens is 457 g/mol. The maximum atomic E-state index is 13.7. The fourth-order valence-electron chi connectivity index (χ4n) is 4.71. The third-order valence-corrected chi connectivity index (χ3v) is 6.69. The van der Waals surface area contributed by atoms with Crippen molar-refractivity contribution in [2.75, 3.05) is 50.2 Å². The van der Waals surface area contributed by atoms with Gasteiger partial charge in [0.05, 0.1) is 31.0 Å². The molecule has 1 aliphatic rings. The van der Waals surface area contributed by atoms with E-state index in [0.717, 1.165) is 40.9 Å². The highest BCUT2D eigenvalue weighted by Gasteiger charge is 2.26. The maximum Gasteiger partial charge on any atom is 0.196 e. The molecule has 0 bridgehead atoms. The predicted molar refractivity (Wildman–Crippen MR) is 140 cm³/mol. The van der Waals surface area contributed by atoms with E-state index in [9.17, 15) is 9.18 Å². The molecule has 0 atom stereocenters. The largest absolute Gasteiger partial charge is 0.493 e. The Labute approximate surface area is 209 Å². The highest BCUT2D eigenvalue weighted by Crippen LogP contribution is 2.38. The zero-order chi connectivity index (χ0) is 25.2. The Morgan fingerprint density at radius 2 is 1.47 bits per heavy atom. The molecule has 2 heterocycles. The van der Waals surface area contributed by atoms with Crippen molar-refractivity contribution in [3.63, 3.8) is 0 Å². The molecule has 7 heteroatoms. The van der Waals surface area contributed by atoms with E-state index in [0.29, 0.717) is 35.7 Å². The normalized spacial score (nSPS) is 13.7. The van der Waals surface area contributed by atoms with Crippen molar-refractivity contribution in [3.05, 3.63) is 89.4 Å². The van der Waals surface area contributed by atoms with Crippen LogP contribution in [-0.4, -0.2) is 51.2 Å². The fourth-order valence-corrected chi connectivity index (χ4v) is 4.71. The summed E-state index contributed by atoms with van der Waals surface area (Å²) >= 11 is 0. The van der Waals surface area contributed by atoms with Gasteiger partial charge in [-0.2, -0.15) is 0 Å². The third-order valence-electron chi connectivity index (χ3n) is 6.69. The first-order valence-corrected chi connectivity index (χ1v) is 11.9. The number of aromatic nitrogens is 1. The van der Waals surface area contributed by atoms with Gasteiger partial charge in [0, 0.05) is 55.1 Å². The average molecular weight is 486 g/mol. The summed E-state index contributed by atoms with van der Waals surface area (Å²) in [6, 6.07) is 17.9. The van der Waals surface area contributed by atoms with Crippen molar-refractivity contribution in [3.8, 4) is 11.5 Å². The molecule has 0 spiro atoms. The molecule has 36 heavy (non-hydrogen) atoms. The Morgan fingerprint density at radius 1 is 0.861 bits per heavy atom. The molecule has 1 aliphatic heterocycles. The van der Waals surface area contributed by atoms with E-state index in [1.54, 1.807) is 32.5 Å². The SMILES string of the molecule is COc1cc2ncc(C(=O)c3ccc(C)cc3)c(N3CCN(c4ccc(F)cc4)CC3)c2cc1OC. The Kier molecular flexibility index (Phi) is 6.46. The summed E-state index contributed by atoms with van der Waals surface area (Å²) in [5.74, 6) is 0.847. The smallest absolute Gasteiger partial charge is 0.196 e. The number of hydrogen-bond acceptors (Lipinski definition) is 6. The number of anilines is 2. The number of piperazine rings is 1. The van der Waals surface area contributed by atoms with Gasteiger partial charge in [0.15, 0.2) is 17.3 Å². The number of pyridine rings is 1. The van der Waals surface area contributed by atoms with Crippen LogP contribution < -0.4 is 19.3 Å². The lowest BCUT2D eigenvalue weighted by atomic mass is 9.98. The summed E-state index contributed by atoms with van der Waals surface area (Å²) in [4.78, 5) is 22.8. The van der Waals surface area contributed by atoms with Crippen LogP contribution in [0.4, 0.5) is 15.8 Å². The number of benzene rings is 3. The van der Waals surface area contributed by atoms with Crippen LogP contribution in [-0.2, 0) is 0 Å². The number of carbonyl (C=O) groups is 1. The van der Waals surface area contributed by atoms with Crippen LogP contribution >= 0.6 is 0 Å². The number of halogens is 1. The molecule has 0 aliphatic carbocycles. The molecule has 0 radical (unpaired) electrons. The van der Waals surface area contributed by atoms with E-state index in [1.807, 2.05) is 43.3 Å². The number of aryl methyl sites for hydroxylation is 1. The van der Waals surface area contributed by atoms with Crippen LogP contribution in [0.2, 0.25) is 0 Å². The van der Waals surface area contributed by atoms with Gasteiger partial charge in [-0.25, -0.2) is 4.39 Å². The number of fused-ring (bicyclic) bond motifs is 1. The molecule has 1 fully saturated rings. The van der Waals surface area contributed by atoms with E-state index in [4.69, 9.17) is 9.47 Å². The zero-order valence-electron chi connectivity index (χ0n) is 20.6. The number of ether oxygens (including phenoxy) is 2. The molecule has 3 aromatic carbocycles. The molecule has 5 rings (SSSR count). The number of rotatable bonds is 6. The minimum absolute atomic E-state index is 0.0739. The zero-order valence-corrected chi connectivity index (χ0v) is 20.6. The molecule has 4 aromatic rings. The number of nitrogens with zero attached hydrogens (tertiary/aromatic N) is 3. The highest BCUT2D eigenvalue weighted by atomic mass is 19.1. The highest BCUT2D eigenvalue weighted by molar-refractivity contribution is 6.16. The van der Waals surface area contributed by atoms with Gasteiger partial charge in [0.25, 0.3) is 0 Å². The molecular formula is C29H28FN3O3. The molecule has 6 nitrogen and oxygen atoms in total. The molecule has 1 aromatic heterocycles. The van der Waals surface area contributed by atoms with Crippen LogP contribution in [0.25, 0.3) is 10.9 Å². The topological polar surface area (TPSA) is 54.9 Å². The summed E-state index contributed by atoms with van der Waals surface area (Å²) < 4.78 is 24.5. The van der Waals surface area contributed by atoms with Crippen molar-refractivity contribution in [1.29, 1.82) is 0 Å². The van der Waals surface area contributed by atoms with Gasteiger partial charge in [0.1, 0.15) is 5.82 Å². The number of carbonyl (C=O) groups excluding carboxylic acids is 1. The van der Waals surface area contributed by atoms with Crippen molar-refractivity contribution in [1.82, 2.24) is 4.98 Å². The Morgan fingerprint density at radius 3 is 2.11 bits per heavy atom. The summed E-state index contributed by atoms with van der Waals surface area (Å²) in [5, 5.41) is 0.834. The van der Waals surface area contributed by atoms with Gasteiger partial charge in [-0.3, -0.25) is 9.78 Å². The molecule has 184 valence electrons. The van der Waals surface area contributed by atoms with E-state index < -0.39 is 0 Å². The van der Waals surface area contributed by atoms with Crippen LogP contribution in [0.3, 0.4) is 0 Å². The van der Waals surface area contributed by atoms with E-state index in [-0.39, 0.29) is 11.6 Å². The molecule has 0 amide bonds. The van der Waals surface area contributed by atoms with Crippen molar-refractivity contribution in [2.24, 2.45) is 0 Å². The predicted octanol–water partition coefficient (Wildman–Crippen LogP) is 5.26. The first-order valence-electron chi connectivity index (χ1n) is 11.9. The molecule has 0 saturated carbocycles. The van der Waals surface area contributed by atoms with Gasteiger partial charge < -0.3 is 19.3 Å². The quantitative estimate of drug-likeness (QED) is 0.348. The van der Waals surface area contributed by atoms with Crippen LogP contribution in [0, 0.1) is 12.7 Å². The molecule has 1 saturated heterocycles. The van der Waals surface area contributed by atoms with Gasteiger partial charge >= 0.3 is 0 Å². The first-order chi connectivity index (χ1) is 17.5. The summed E-state index contributed by atoms with van der Waals surface area (Å²) in [6.45, 7) is 4.86.